The second kappa shape index (κ2) is 13.4. The van der Waals surface area contributed by atoms with E-state index in [1.54, 1.807) is 0 Å². The number of allylic oxidation sites excluding steroid dienone is 1. The molecule has 0 spiro atoms. The number of nitrogens with one attached hydrogen (secondary N) is 1. The van der Waals surface area contributed by atoms with Crippen LogP contribution >= 0.6 is 15.9 Å². The third-order valence-electron chi connectivity index (χ3n) is 5.24. The largest absolute Gasteiger partial charge is 0.573 e. The number of carboxylic acids is 1. The quantitative estimate of drug-likeness (QED) is 0.127. The number of aliphatic imine (C=N–C) groups is 1. The summed E-state index contributed by atoms with van der Waals surface area (Å²) in [5.41, 5.74) is 5.81. The van der Waals surface area contributed by atoms with Crippen LogP contribution < -0.4 is 20.5 Å². The normalized spacial score (nSPS) is 12.5. The van der Waals surface area contributed by atoms with Gasteiger partial charge >= 0.3 is 18.5 Å². The maximum absolute atomic E-state index is 13.0. The van der Waals surface area contributed by atoms with E-state index in [1.807, 2.05) is 0 Å². The zero-order chi connectivity index (χ0) is 31.1. The lowest BCUT2D eigenvalue weighted by atomic mass is 10.1. The Morgan fingerprint density at radius 2 is 1.52 bits per heavy atom. The lowest BCUT2D eigenvalue weighted by Gasteiger charge is -2.13. The zero-order valence-electron chi connectivity index (χ0n) is 21.1. The van der Waals surface area contributed by atoms with Gasteiger partial charge < -0.3 is 25.6 Å². The third kappa shape index (κ3) is 9.54. The van der Waals surface area contributed by atoms with Crippen LogP contribution in [-0.4, -0.2) is 36.1 Å². The van der Waals surface area contributed by atoms with Crippen LogP contribution in [0.4, 0.5) is 32.0 Å². The maximum atomic E-state index is 13.0. The molecule has 0 saturated heterocycles. The molecule has 0 heterocycles. The van der Waals surface area contributed by atoms with Crippen molar-refractivity contribution >= 4 is 45.3 Å². The lowest BCUT2D eigenvalue weighted by Crippen LogP contribution is -2.25. The second-order valence-corrected chi connectivity index (χ2v) is 9.15. The minimum atomic E-state index is -4.92. The summed E-state index contributed by atoms with van der Waals surface area (Å²) >= 11 is 3.04. The van der Waals surface area contributed by atoms with Gasteiger partial charge in [-0.25, -0.2) is 0 Å². The van der Waals surface area contributed by atoms with E-state index in [2.05, 4.69) is 31.0 Å². The van der Waals surface area contributed by atoms with Gasteiger partial charge in [0.15, 0.2) is 5.88 Å². The first-order valence-electron chi connectivity index (χ1n) is 11.7. The molecule has 0 aliphatic rings. The number of rotatable bonds is 10. The van der Waals surface area contributed by atoms with Gasteiger partial charge in [0.1, 0.15) is 11.5 Å². The number of carbonyl (C=O) groups is 2. The molecular formula is C27H20BrF6N3O5. The van der Waals surface area contributed by atoms with Crippen molar-refractivity contribution < 1.29 is 50.5 Å². The van der Waals surface area contributed by atoms with E-state index < -0.39 is 35.7 Å². The summed E-state index contributed by atoms with van der Waals surface area (Å²) in [6.45, 7) is -0.0767. The monoisotopic (exact) mass is 659 g/mol. The molecule has 0 aromatic heterocycles. The molecule has 0 fully saturated rings. The van der Waals surface area contributed by atoms with Gasteiger partial charge in [0.2, 0.25) is 0 Å². The fourth-order valence-corrected chi connectivity index (χ4v) is 3.76. The molecule has 4 N–H and O–H groups in total. The minimum Gasteiger partial charge on any atom is -0.481 e. The third-order valence-corrected chi connectivity index (χ3v) is 5.88. The maximum Gasteiger partial charge on any atom is 0.573 e. The summed E-state index contributed by atoms with van der Waals surface area (Å²) in [5.74, 6) is -2.25. The highest BCUT2D eigenvalue weighted by atomic mass is 79.9. The van der Waals surface area contributed by atoms with Gasteiger partial charge in [-0.2, -0.15) is 13.2 Å². The van der Waals surface area contributed by atoms with E-state index in [0.717, 1.165) is 36.5 Å². The first-order valence-corrected chi connectivity index (χ1v) is 12.5. The van der Waals surface area contributed by atoms with Crippen LogP contribution in [0.25, 0.3) is 5.57 Å². The number of hydrogen-bond donors (Lipinski definition) is 3. The van der Waals surface area contributed by atoms with Crippen LogP contribution in [0.5, 0.6) is 11.5 Å². The van der Waals surface area contributed by atoms with Gasteiger partial charge in [-0.3, -0.25) is 14.6 Å². The Balaban J connectivity index is 1.91. The van der Waals surface area contributed by atoms with Gasteiger partial charge in [0.05, 0.1) is 23.2 Å². The molecule has 42 heavy (non-hydrogen) atoms. The standard InChI is InChI=1S/C27H20BrF6N3O5/c28-21-13-17(26(29,30)31)5-10-22(21)37-14-20(15-1-8-19(9-2-15)42-27(32,33)34)24(35)41-18-6-3-16(4-7-18)25(40)36-12-11-23(38)39/h1-10,13-14H,11-12,35H2,(H,36,40)(H,38,39). The average molecular weight is 660 g/mol. The summed E-state index contributed by atoms with van der Waals surface area (Å²) < 4.78 is 86.3. The summed E-state index contributed by atoms with van der Waals surface area (Å²) in [5, 5.41) is 11.1. The Labute approximate surface area is 242 Å². The van der Waals surface area contributed by atoms with Crippen molar-refractivity contribution in [1.82, 2.24) is 5.32 Å². The van der Waals surface area contributed by atoms with E-state index in [9.17, 15) is 35.9 Å². The van der Waals surface area contributed by atoms with E-state index >= 15 is 0 Å². The highest BCUT2D eigenvalue weighted by molar-refractivity contribution is 9.10. The fraction of sp³-hybridized carbons (Fsp3) is 0.148. The van der Waals surface area contributed by atoms with Gasteiger partial charge in [0, 0.05) is 22.8 Å². The van der Waals surface area contributed by atoms with Crippen molar-refractivity contribution in [2.24, 2.45) is 10.7 Å². The van der Waals surface area contributed by atoms with Crippen molar-refractivity contribution in [3.63, 3.8) is 0 Å². The number of nitrogens with two attached hydrogens (primary N) is 1. The van der Waals surface area contributed by atoms with Crippen LogP contribution in [0.2, 0.25) is 0 Å². The number of benzene rings is 3. The van der Waals surface area contributed by atoms with Gasteiger partial charge in [-0.15, -0.1) is 13.2 Å². The van der Waals surface area contributed by atoms with Crippen LogP contribution in [0.15, 0.2) is 82.1 Å². The number of alkyl halides is 6. The summed E-state index contributed by atoms with van der Waals surface area (Å²) in [6, 6.07) is 12.8. The molecule has 0 bridgehead atoms. The van der Waals surface area contributed by atoms with Crippen molar-refractivity contribution in [3.05, 3.63) is 93.8 Å². The first kappa shape index (κ1) is 32.0. The molecular weight excluding hydrogens is 640 g/mol. The topological polar surface area (TPSA) is 123 Å². The molecule has 3 aromatic carbocycles. The predicted octanol–water partition coefficient (Wildman–Crippen LogP) is 6.68. The van der Waals surface area contributed by atoms with E-state index in [0.29, 0.717) is 0 Å². The predicted molar refractivity (Wildman–Crippen MR) is 143 cm³/mol. The molecule has 0 radical (unpaired) electrons. The highest BCUT2D eigenvalue weighted by Gasteiger charge is 2.31. The SMILES string of the molecule is NC(Oc1ccc(C(=O)NCCC(=O)O)cc1)=C(C=Nc1ccc(C(F)(F)F)cc1Br)c1ccc(OC(F)(F)F)cc1. The van der Waals surface area contributed by atoms with E-state index in [-0.39, 0.29) is 51.5 Å². The molecule has 0 saturated carbocycles. The Kier molecular flexibility index (Phi) is 10.2. The lowest BCUT2D eigenvalue weighted by molar-refractivity contribution is -0.274. The zero-order valence-corrected chi connectivity index (χ0v) is 22.7. The number of amides is 1. The second-order valence-electron chi connectivity index (χ2n) is 8.30. The number of nitrogens with zero attached hydrogens (tertiary/aromatic N) is 1. The van der Waals surface area contributed by atoms with Crippen molar-refractivity contribution in [1.29, 1.82) is 0 Å². The number of aliphatic carboxylic acids is 1. The molecule has 15 heteroatoms. The summed E-state index contributed by atoms with van der Waals surface area (Å²) in [7, 11) is 0. The molecule has 3 rings (SSSR count). The molecule has 222 valence electrons. The van der Waals surface area contributed by atoms with Crippen molar-refractivity contribution in [2.75, 3.05) is 6.54 Å². The molecule has 8 nitrogen and oxygen atoms in total. The average Bonchev–Trinajstić information content (AvgIpc) is 2.89. The van der Waals surface area contributed by atoms with Crippen LogP contribution in [0.3, 0.4) is 0 Å². The Hall–Kier alpha value is -4.53. The Bertz CT molecular complexity index is 1490. The molecule has 0 aliphatic carbocycles. The smallest absolute Gasteiger partial charge is 0.481 e. The minimum absolute atomic E-state index is 0.0126. The number of carboxylic acid groups (broad SMARTS) is 1. The molecule has 1 amide bonds. The Morgan fingerprint density at radius 1 is 0.929 bits per heavy atom. The highest BCUT2D eigenvalue weighted by Crippen LogP contribution is 2.35. The van der Waals surface area contributed by atoms with Crippen molar-refractivity contribution in [2.45, 2.75) is 19.0 Å². The number of halogens is 7. The van der Waals surface area contributed by atoms with Gasteiger partial charge in [-0.05, 0) is 76.1 Å². The molecule has 0 unspecified atom stereocenters. The van der Waals surface area contributed by atoms with E-state index in [4.69, 9.17) is 15.6 Å². The summed E-state index contributed by atoms with van der Waals surface area (Å²) in [4.78, 5) is 26.9. The van der Waals surface area contributed by atoms with Crippen molar-refractivity contribution in [3.8, 4) is 11.5 Å². The summed E-state index contributed by atoms with van der Waals surface area (Å²) in [6.07, 6.45) is -8.60. The molecule has 0 aliphatic heterocycles. The molecule has 3 aromatic rings. The first-order chi connectivity index (χ1) is 19.6. The van der Waals surface area contributed by atoms with Gasteiger partial charge in [-0.1, -0.05) is 12.1 Å². The van der Waals surface area contributed by atoms with E-state index in [1.165, 1.54) is 36.4 Å². The fourth-order valence-electron chi connectivity index (χ4n) is 3.28. The Morgan fingerprint density at radius 3 is 2.07 bits per heavy atom. The number of ether oxygens (including phenoxy) is 2. The molecule has 0 atom stereocenters. The number of carbonyl (C=O) groups excluding carboxylic acids is 1. The van der Waals surface area contributed by atoms with Crippen LogP contribution in [-0.2, 0) is 11.0 Å². The number of hydrogen-bond acceptors (Lipinski definition) is 6. The van der Waals surface area contributed by atoms with Crippen LogP contribution in [0.1, 0.15) is 27.9 Å². The van der Waals surface area contributed by atoms with Gasteiger partial charge in [0.25, 0.3) is 5.91 Å². The van der Waals surface area contributed by atoms with Crippen LogP contribution in [0, 0.1) is 0 Å².